The number of nitrogens with zero attached hydrogens (tertiary/aromatic N) is 3. The molecule has 5 rings (SSSR count). The maximum Gasteiger partial charge on any atom is 0.272 e. The fraction of sp³-hybridized carbons (Fsp3) is 0.324. The second-order valence-corrected chi connectivity index (χ2v) is 10.2. The molecule has 0 saturated carbocycles. The van der Waals surface area contributed by atoms with E-state index in [2.05, 4.69) is 22.4 Å². The third-order valence-electron chi connectivity index (χ3n) is 7.19. The van der Waals surface area contributed by atoms with E-state index >= 15 is 0 Å². The summed E-state index contributed by atoms with van der Waals surface area (Å²) in [6, 6.07) is 22.7. The van der Waals surface area contributed by atoms with E-state index in [9.17, 15) is 4.79 Å². The third-order valence-corrected chi connectivity index (χ3v) is 7.19. The van der Waals surface area contributed by atoms with E-state index in [4.69, 9.17) is 23.9 Å². The van der Waals surface area contributed by atoms with E-state index in [1.54, 1.807) is 19.4 Å². The number of hydrogen-bond donors (Lipinski definition) is 1. The van der Waals surface area contributed by atoms with Crippen LogP contribution in [0, 0.1) is 0 Å². The number of nitrogens with one attached hydrogen (secondary N) is 1. The van der Waals surface area contributed by atoms with Crippen LogP contribution >= 0.6 is 0 Å². The van der Waals surface area contributed by atoms with E-state index in [1.807, 2.05) is 66.7 Å². The van der Waals surface area contributed by atoms with Crippen molar-refractivity contribution in [2.45, 2.75) is 19.8 Å². The van der Waals surface area contributed by atoms with Gasteiger partial charge in [0.1, 0.15) is 12.4 Å². The lowest BCUT2D eigenvalue weighted by atomic mass is 10.0. The summed E-state index contributed by atoms with van der Waals surface area (Å²) in [5.41, 5.74) is 6.20. The molecule has 0 unspecified atom stereocenters. The maximum absolute atomic E-state index is 13.4. The van der Waals surface area contributed by atoms with Gasteiger partial charge in [-0.1, -0.05) is 43.7 Å². The summed E-state index contributed by atoms with van der Waals surface area (Å²) in [5.74, 6) is 1.71. The number of aromatic nitrogens is 1. The van der Waals surface area contributed by atoms with Gasteiger partial charge in [0.05, 0.1) is 49.9 Å². The fourth-order valence-electron chi connectivity index (χ4n) is 4.81. The first kappa shape index (κ1) is 30.0. The molecule has 1 aromatic heterocycles. The Bertz CT molecular complexity index is 1550. The molecule has 1 fully saturated rings. The highest BCUT2D eigenvalue weighted by atomic mass is 16.5. The van der Waals surface area contributed by atoms with Crippen LogP contribution in [0.4, 0.5) is 0 Å². The number of hydrogen-bond acceptors (Lipinski definition) is 8. The summed E-state index contributed by atoms with van der Waals surface area (Å²) < 4.78 is 22.8. The summed E-state index contributed by atoms with van der Waals surface area (Å²) in [7, 11) is 1.60. The van der Waals surface area contributed by atoms with Gasteiger partial charge in [-0.3, -0.25) is 9.69 Å². The molecule has 1 aliphatic heterocycles. The predicted molar refractivity (Wildman–Crippen MR) is 168 cm³/mol. The molecule has 9 nitrogen and oxygen atoms in total. The van der Waals surface area contributed by atoms with Crippen molar-refractivity contribution in [3.63, 3.8) is 0 Å². The van der Waals surface area contributed by atoms with Gasteiger partial charge < -0.3 is 18.9 Å². The lowest BCUT2D eigenvalue weighted by Gasteiger charge is -2.26. The molecule has 9 heteroatoms. The van der Waals surface area contributed by atoms with E-state index in [0.29, 0.717) is 36.0 Å². The van der Waals surface area contributed by atoms with Gasteiger partial charge in [0.15, 0.2) is 11.5 Å². The Labute approximate surface area is 252 Å². The largest absolute Gasteiger partial charge is 0.494 e. The number of carbonyl (C=O) groups excluding carboxylic acids is 1. The number of ether oxygens (including phenoxy) is 4. The highest BCUT2D eigenvalue weighted by Gasteiger charge is 2.15. The highest BCUT2D eigenvalue weighted by Crippen LogP contribution is 2.29. The number of fused-ring (bicyclic) bond motifs is 1. The molecule has 1 amide bonds. The van der Waals surface area contributed by atoms with Crippen LogP contribution in [-0.4, -0.2) is 75.2 Å². The number of para-hydroxylation sites is 1. The smallest absolute Gasteiger partial charge is 0.272 e. The summed E-state index contributed by atoms with van der Waals surface area (Å²) in [4.78, 5) is 20.5. The standard InChI is InChI=1S/C34H38N4O5/c1-3-4-17-42-27-9-7-8-26(22-27)31-23-29(28-10-5-6-11-30(28)36-31)34(39)37-35-24-25-12-13-32(33(21-25)40-2)43-20-16-38-14-18-41-19-15-38/h5-13,21-24H,3-4,14-20H2,1-2H3,(H,37,39)/b35-24-. The molecular formula is C34H38N4O5. The zero-order chi connectivity index (χ0) is 29.9. The number of unbranched alkanes of at least 4 members (excludes halogenated alkanes) is 1. The Morgan fingerprint density at radius 1 is 1.00 bits per heavy atom. The third kappa shape index (κ3) is 8.09. The van der Waals surface area contributed by atoms with Crippen LogP contribution in [0.15, 0.2) is 77.9 Å². The number of amides is 1. The van der Waals surface area contributed by atoms with E-state index in [-0.39, 0.29) is 5.91 Å². The van der Waals surface area contributed by atoms with Gasteiger partial charge in [-0.2, -0.15) is 5.10 Å². The highest BCUT2D eigenvalue weighted by molar-refractivity contribution is 6.07. The van der Waals surface area contributed by atoms with Crippen molar-refractivity contribution >= 4 is 23.0 Å². The fourth-order valence-corrected chi connectivity index (χ4v) is 4.81. The quantitative estimate of drug-likeness (QED) is 0.125. The van der Waals surface area contributed by atoms with Crippen LogP contribution in [0.2, 0.25) is 0 Å². The van der Waals surface area contributed by atoms with Crippen molar-refractivity contribution in [3.8, 4) is 28.5 Å². The second kappa shape index (κ2) is 15.1. The van der Waals surface area contributed by atoms with Crippen LogP contribution < -0.4 is 19.6 Å². The minimum Gasteiger partial charge on any atom is -0.494 e. The zero-order valence-corrected chi connectivity index (χ0v) is 24.8. The summed E-state index contributed by atoms with van der Waals surface area (Å²) in [6.07, 6.45) is 3.64. The molecule has 43 heavy (non-hydrogen) atoms. The first-order valence-corrected chi connectivity index (χ1v) is 14.7. The number of morpholine rings is 1. The molecule has 2 heterocycles. The topological polar surface area (TPSA) is 94.5 Å². The second-order valence-electron chi connectivity index (χ2n) is 10.2. The molecule has 1 aliphatic rings. The van der Waals surface area contributed by atoms with Crippen molar-refractivity contribution < 1.29 is 23.7 Å². The van der Waals surface area contributed by atoms with Crippen LogP contribution in [0.1, 0.15) is 35.7 Å². The molecule has 0 spiro atoms. The molecule has 0 radical (unpaired) electrons. The van der Waals surface area contributed by atoms with Crippen LogP contribution in [-0.2, 0) is 4.74 Å². The van der Waals surface area contributed by atoms with Crippen molar-refractivity contribution in [1.82, 2.24) is 15.3 Å². The number of hydrazone groups is 1. The summed E-state index contributed by atoms with van der Waals surface area (Å²) in [6.45, 7) is 7.52. The van der Waals surface area contributed by atoms with Crippen LogP contribution in [0.25, 0.3) is 22.2 Å². The van der Waals surface area contributed by atoms with E-state index in [0.717, 1.165) is 73.5 Å². The normalized spacial score (nSPS) is 13.7. The first-order valence-electron chi connectivity index (χ1n) is 14.7. The van der Waals surface area contributed by atoms with E-state index < -0.39 is 0 Å². The Kier molecular flexibility index (Phi) is 10.6. The van der Waals surface area contributed by atoms with Gasteiger partial charge in [-0.05, 0) is 54.4 Å². The van der Waals surface area contributed by atoms with Gasteiger partial charge in [0, 0.05) is 30.6 Å². The molecule has 4 aromatic rings. The minimum atomic E-state index is -0.332. The molecule has 0 atom stereocenters. The monoisotopic (exact) mass is 582 g/mol. The SMILES string of the molecule is CCCCOc1cccc(-c2cc(C(=O)N/N=C\c3ccc(OCCN4CCOCC4)c(OC)c3)c3ccccc3n2)c1. The van der Waals surface area contributed by atoms with Crippen molar-refractivity contribution in [3.05, 3.63) is 83.9 Å². The van der Waals surface area contributed by atoms with Gasteiger partial charge in [0.25, 0.3) is 5.91 Å². The lowest BCUT2D eigenvalue weighted by Crippen LogP contribution is -2.38. The molecule has 1 N–H and O–H groups in total. The number of benzene rings is 3. The summed E-state index contributed by atoms with van der Waals surface area (Å²) in [5, 5.41) is 4.98. The number of carbonyl (C=O) groups is 1. The first-order chi connectivity index (χ1) is 21.1. The Hall–Kier alpha value is -4.47. The van der Waals surface area contributed by atoms with Gasteiger partial charge >= 0.3 is 0 Å². The molecule has 3 aromatic carbocycles. The van der Waals surface area contributed by atoms with Crippen LogP contribution in [0.5, 0.6) is 17.2 Å². The van der Waals surface area contributed by atoms with Crippen LogP contribution in [0.3, 0.4) is 0 Å². The number of methoxy groups -OCH3 is 1. The van der Waals surface area contributed by atoms with Gasteiger partial charge in [0.2, 0.25) is 0 Å². The van der Waals surface area contributed by atoms with Gasteiger partial charge in [-0.25, -0.2) is 10.4 Å². The molecule has 0 bridgehead atoms. The average Bonchev–Trinajstić information content (AvgIpc) is 3.05. The maximum atomic E-state index is 13.4. The zero-order valence-electron chi connectivity index (χ0n) is 24.8. The lowest BCUT2D eigenvalue weighted by molar-refractivity contribution is 0.0321. The van der Waals surface area contributed by atoms with Crippen molar-refractivity contribution in [2.24, 2.45) is 5.10 Å². The minimum absolute atomic E-state index is 0.332. The Morgan fingerprint density at radius 3 is 2.70 bits per heavy atom. The molecule has 1 saturated heterocycles. The molecular weight excluding hydrogens is 544 g/mol. The van der Waals surface area contributed by atoms with E-state index in [1.165, 1.54) is 0 Å². The number of rotatable bonds is 13. The average molecular weight is 583 g/mol. The number of pyridine rings is 1. The van der Waals surface area contributed by atoms with Crippen molar-refractivity contribution in [1.29, 1.82) is 0 Å². The van der Waals surface area contributed by atoms with Crippen molar-refractivity contribution in [2.75, 3.05) is 53.2 Å². The van der Waals surface area contributed by atoms with Gasteiger partial charge in [-0.15, -0.1) is 0 Å². The Morgan fingerprint density at radius 2 is 1.86 bits per heavy atom. The summed E-state index contributed by atoms with van der Waals surface area (Å²) >= 11 is 0. The predicted octanol–water partition coefficient (Wildman–Crippen LogP) is 5.56. The molecule has 0 aliphatic carbocycles. The molecule has 224 valence electrons. The Balaban J connectivity index is 1.27.